The van der Waals surface area contributed by atoms with Gasteiger partial charge in [0.25, 0.3) is 0 Å². The Bertz CT molecular complexity index is 426. The van der Waals surface area contributed by atoms with Gasteiger partial charge in [-0.25, -0.2) is 0 Å². The molecule has 0 spiro atoms. The lowest BCUT2D eigenvalue weighted by Gasteiger charge is -2.23. The van der Waals surface area contributed by atoms with Gasteiger partial charge in [0.15, 0.2) is 12.1 Å². The molecule has 7 nitrogen and oxygen atoms in total. The van der Waals surface area contributed by atoms with E-state index in [2.05, 4.69) is 39.6 Å². The fourth-order valence-electron chi connectivity index (χ4n) is 3.22. The Morgan fingerprint density at radius 3 is 2.71 bits per heavy atom. The van der Waals surface area contributed by atoms with E-state index in [0.717, 1.165) is 31.8 Å². The van der Waals surface area contributed by atoms with Crippen LogP contribution in [0.1, 0.15) is 70.8 Å². The van der Waals surface area contributed by atoms with Crippen molar-refractivity contribution in [3.8, 4) is 0 Å². The molecule has 0 saturated carbocycles. The van der Waals surface area contributed by atoms with Crippen LogP contribution < -0.4 is 5.32 Å². The molecule has 1 N–H and O–H groups in total. The molecule has 1 aliphatic heterocycles. The molecule has 2 rings (SSSR count). The fourth-order valence-corrected chi connectivity index (χ4v) is 3.22. The SMILES string of the molecule is CCCN(CCC)CCCCNCc1nnnn1C1CCCCO1. The summed E-state index contributed by atoms with van der Waals surface area (Å²) in [6.07, 6.45) is 8.25. The summed E-state index contributed by atoms with van der Waals surface area (Å²) in [7, 11) is 0. The van der Waals surface area contributed by atoms with Gasteiger partial charge in [-0.05, 0) is 81.6 Å². The number of nitrogens with zero attached hydrogens (tertiary/aromatic N) is 5. The Balaban J connectivity index is 1.61. The maximum atomic E-state index is 5.77. The molecule has 0 amide bonds. The molecule has 1 saturated heterocycles. The lowest BCUT2D eigenvalue weighted by Crippen LogP contribution is -2.27. The molecule has 1 aromatic rings. The zero-order valence-corrected chi connectivity index (χ0v) is 15.4. The lowest BCUT2D eigenvalue weighted by atomic mass is 10.2. The van der Waals surface area contributed by atoms with Gasteiger partial charge in [0, 0.05) is 6.61 Å². The Hall–Kier alpha value is -1.05. The van der Waals surface area contributed by atoms with Crippen molar-refractivity contribution in [1.82, 2.24) is 30.4 Å². The summed E-state index contributed by atoms with van der Waals surface area (Å²) in [5.41, 5.74) is 0. The number of aromatic nitrogens is 4. The van der Waals surface area contributed by atoms with Crippen LogP contribution in [-0.2, 0) is 11.3 Å². The standard InChI is InChI=1S/C17H34N6O/c1-3-11-22(12-4-2)13-7-6-10-18-15-16-19-20-21-23(16)17-9-5-8-14-24-17/h17-18H,3-15H2,1-2H3. The van der Waals surface area contributed by atoms with Crippen molar-refractivity contribution in [2.24, 2.45) is 0 Å². The summed E-state index contributed by atoms with van der Waals surface area (Å²) < 4.78 is 7.61. The summed E-state index contributed by atoms with van der Waals surface area (Å²) in [5, 5.41) is 15.5. The molecule has 7 heteroatoms. The fraction of sp³-hybridized carbons (Fsp3) is 0.941. The van der Waals surface area contributed by atoms with Gasteiger partial charge >= 0.3 is 0 Å². The van der Waals surface area contributed by atoms with Gasteiger partial charge in [0.05, 0.1) is 6.54 Å². The third-order valence-electron chi connectivity index (χ3n) is 4.43. The summed E-state index contributed by atoms with van der Waals surface area (Å²) in [4.78, 5) is 2.57. The van der Waals surface area contributed by atoms with Gasteiger partial charge in [-0.2, -0.15) is 4.68 Å². The van der Waals surface area contributed by atoms with Crippen molar-refractivity contribution in [3.05, 3.63) is 5.82 Å². The molecule has 0 bridgehead atoms. The molecule has 1 atom stereocenters. The second-order valence-electron chi connectivity index (χ2n) is 6.59. The first-order valence-electron chi connectivity index (χ1n) is 9.66. The summed E-state index contributed by atoms with van der Waals surface area (Å²) in [6.45, 7) is 10.7. The zero-order valence-electron chi connectivity index (χ0n) is 15.4. The minimum atomic E-state index is 0.0159. The molecule has 1 aliphatic rings. The minimum Gasteiger partial charge on any atom is -0.356 e. The molecule has 0 aliphatic carbocycles. The van der Waals surface area contributed by atoms with E-state index in [1.54, 1.807) is 0 Å². The van der Waals surface area contributed by atoms with Crippen LogP contribution in [0.5, 0.6) is 0 Å². The van der Waals surface area contributed by atoms with E-state index in [1.165, 1.54) is 51.7 Å². The van der Waals surface area contributed by atoms with Crippen LogP contribution in [0.2, 0.25) is 0 Å². The normalized spacial score (nSPS) is 18.4. The second kappa shape index (κ2) is 11.5. The van der Waals surface area contributed by atoms with Crippen molar-refractivity contribution in [1.29, 1.82) is 0 Å². The predicted octanol–water partition coefficient (Wildman–Crippen LogP) is 2.36. The number of hydrogen-bond donors (Lipinski definition) is 1. The van der Waals surface area contributed by atoms with Gasteiger partial charge in [0.1, 0.15) is 0 Å². The first-order valence-corrected chi connectivity index (χ1v) is 9.66. The molecular formula is C17H34N6O. The van der Waals surface area contributed by atoms with E-state index in [9.17, 15) is 0 Å². The van der Waals surface area contributed by atoms with Crippen LogP contribution >= 0.6 is 0 Å². The van der Waals surface area contributed by atoms with Crippen LogP contribution in [0.4, 0.5) is 0 Å². The highest BCUT2D eigenvalue weighted by Crippen LogP contribution is 2.21. The molecule has 1 fully saturated rings. The molecule has 1 aromatic heterocycles. The second-order valence-corrected chi connectivity index (χ2v) is 6.59. The van der Waals surface area contributed by atoms with Crippen LogP contribution in [0.15, 0.2) is 0 Å². The topological polar surface area (TPSA) is 68.1 Å². The maximum Gasteiger partial charge on any atom is 0.168 e. The van der Waals surface area contributed by atoms with E-state index in [0.29, 0.717) is 6.54 Å². The van der Waals surface area contributed by atoms with E-state index in [1.807, 2.05) is 4.68 Å². The average molecular weight is 339 g/mol. The Morgan fingerprint density at radius 1 is 1.17 bits per heavy atom. The number of tetrazole rings is 1. The van der Waals surface area contributed by atoms with Crippen LogP contribution in [-0.4, -0.2) is 57.9 Å². The highest BCUT2D eigenvalue weighted by molar-refractivity contribution is 4.82. The number of rotatable bonds is 12. The van der Waals surface area contributed by atoms with Crippen molar-refractivity contribution < 1.29 is 4.74 Å². The number of ether oxygens (including phenoxy) is 1. The zero-order chi connectivity index (χ0) is 17.0. The van der Waals surface area contributed by atoms with Gasteiger partial charge in [-0.15, -0.1) is 5.10 Å². The van der Waals surface area contributed by atoms with E-state index in [-0.39, 0.29) is 6.23 Å². The Morgan fingerprint density at radius 2 is 2.00 bits per heavy atom. The van der Waals surface area contributed by atoms with Gasteiger partial charge in [-0.1, -0.05) is 13.8 Å². The van der Waals surface area contributed by atoms with Crippen molar-refractivity contribution in [3.63, 3.8) is 0 Å². The molecule has 0 aromatic carbocycles. The van der Waals surface area contributed by atoms with Crippen molar-refractivity contribution >= 4 is 0 Å². The highest BCUT2D eigenvalue weighted by atomic mass is 16.5. The summed E-state index contributed by atoms with van der Waals surface area (Å²) in [6, 6.07) is 0. The number of unbranched alkanes of at least 4 members (excludes halogenated alkanes) is 1. The van der Waals surface area contributed by atoms with Crippen molar-refractivity contribution in [2.75, 3.05) is 32.8 Å². The molecular weight excluding hydrogens is 304 g/mol. The third kappa shape index (κ3) is 6.45. The number of hydrogen-bond acceptors (Lipinski definition) is 6. The predicted molar refractivity (Wildman–Crippen MR) is 94.6 cm³/mol. The third-order valence-corrected chi connectivity index (χ3v) is 4.43. The summed E-state index contributed by atoms with van der Waals surface area (Å²) >= 11 is 0. The van der Waals surface area contributed by atoms with Gasteiger partial charge in [-0.3, -0.25) is 0 Å². The molecule has 1 unspecified atom stereocenters. The smallest absolute Gasteiger partial charge is 0.168 e. The average Bonchev–Trinajstić information content (AvgIpc) is 3.07. The monoisotopic (exact) mass is 338 g/mol. The Kier molecular flexibility index (Phi) is 9.23. The van der Waals surface area contributed by atoms with Crippen LogP contribution in [0.25, 0.3) is 0 Å². The summed E-state index contributed by atoms with van der Waals surface area (Å²) in [5.74, 6) is 0.875. The van der Waals surface area contributed by atoms with Gasteiger partial charge in [0.2, 0.25) is 0 Å². The van der Waals surface area contributed by atoms with E-state index < -0.39 is 0 Å². The first kappa shape index (κ1) is 19.3. The van der Waals surface area contributed by atoms with Crippen LogP contribution in [0.3, 0.4) is 0 Å². The molecule has 2 heterocycles. The van der Waals surface area contributed by atoms with E-state index in [4.69, 9.17) is 4.74 Å². The van der Waals surface area contributed by atoms with E-state index >= 15 is 0 Å². The molecule has 0 radical (unpaired) electrons. The minimum absolute atomic E-state index is 0.0159. The maximum absolute atomic E-state index is 5.77. The van der Waals surface area contributed by atoms with Crippen molar-refractivity contribution in [2.45, 2.75) is 71.6 Å². The van der Waals surface area contributed by atoms with Crippen LogP contribution in [0, 0.1) is 0 Å². The first-order chi connectivity index (χ1) is 11.8. The lowest BCUT2D eigenvalue weighted by molar-refractivity contribution is -0.0423. The molecule has 138 valence electrons. The Labute approximate surface area is 146 Å². The largest absolute Gasteiger partial charge is 0.356 e. The molecule has 24 heavy (non-hydrogen) atoms. The quantitative estimate of drug-likeness (QED) is 0.590. The number of nitrogens with one attached hydrogen (secondary N) is 1. The highest BCUT2D eigenvalue weighted by Gasteiger charge is 2.20. The van der Waals surface area contributed by atoms with Gasteiger partial charge < -0.3 is 15.0 Å².